The molecule has 0 fully saturated rings. The molecule has 28 heavy (non-hydrogen) atoms. The van der Waals surface area contributed by atoms with Crippen molar-refractivity contribution in [3.63, 3.8) is 0 Å². The van der Waals surface area contributed by atoms with Crippen molar-refractivity contribution in [1.29, 1.82) is 0 Å². The highest BCUT2D eigenvalue weighted by atomic mass is 79.9. The van der Waals surface area contributed by atoms with E-state index in [-0.39, 0.29) is 24.9 Å². The molecule has 1 heterocycles. The van der Waals surface area contributed by atoms with Gasteiger partial charge in [0.2, 0.25) is 5.91 Å². The van der Waals surface area contributed by atoms with Gasteiger partial charge in [-0.1, -0.05) is 46.3 Å². The number of nitrogens with zero attached hydrogens (tertiary/aromatic N) is 2. The van der Waals surface area contributed by atoms with Crippen LogP contribution >= 0.6 is 15.9 Å². The molecule has 0 bridgehead atoms. The van der Waals surface area contributed by atoms with E-state index in [4.69, 9.17) is 0 Å². The molecule has 7 nitrogen and oxygen atoms in total. The fraction of sp³-hybridized carbons (Fsp3) is 0.150. The average molecular weight is 442 g/mol. The van der Waals surface area contributed by atoms with Gasteiger partial charge < -0.3 is 16.0 Å². The van der Waals surface area contributed by atoms with Crippen molar-refractivity contribution >= 4 is 39.4 Å². The van der Waals surface area contributed by atoms with Gasteiger partial charge in [0, 0.05) is 29.2 Å². The van der Waals surface area contributed by atoms with Crippen molar-refractivity contribution in [2.75, 3.05) is 17.2 Å². The average Bonchev–Trinajstić information content (AvgIpc) is 3.11. The normalized spacial score (nSPS) is 10.3. The number of aromatic nitrogens is 2. The molecule has 0 atom stereocenters. The minimum Gasteiger partial charge on any atom is -0.337 e. The zero-order chi connectivity index (χ0) is 19.8. The quantitative estimate of drug-likeness (QED) is 0.520. The number of halogens is 1. The molecule has 0 radical (unpaired) electrons. The molecule has 2 aromatic carbocycles. The number of rotatable bonds is 7. The van der Waals surface area contributed by atoms with Crippen molar-refractivity contribution in [3.8, 4) is 0 Å². The Morgan fingerprint density at radius 3 is 2.46 bits per heavy atom. The number of amides is 3. The molecule has 0 spiro atoms. The van der Waals surface area contributed by atoms with E-state index >= 15 is 0 Å². The first kappa shape index (κ1) is 19.6. The first-order valence-corrected chi connectivity index (χ1v) is 9.55. The maximum absolute atomic E-state index is 12.2. The van der Waals surface area contributed by atoms with Crippen LogP contribution in [0.2, 0.25) is 0 Å². The molecule has 0 saturated carbocycles. The molecular formula is C20H20BrN5O2. The SMILES string of the molecule is O=C(CCNC(=O)Nc1ccccc1)Nc1ccnn1Cc1ccc(Br)cc1. The van der Waals surface area contributed by atoms with Gasteiger partial charge in [0.25, 0.3) is 0 Å². The maximum Gasteiger partial charge on any atom is 0.319 e. The molecule has 3 rings (SSSR count). The molecule has 0 aliphatic heterocycles. The van der Waals surface area contributed by atoms with Crippen molar-refractivity contribution in [3.05, 3.63) is 76.9 Å². The molecule has 0 aliphatic carbocycles. The third-order valence-electron chi connectivity index (χ3n) is 3.90. The summed E-state index contributed by atoms with van der Waals surface area (Å²) in [4.78, 5) is 24.0. The maximum atomic E-state index is 12.2. The lowest BCUT2D eigenvalue weighted by Crippen LogP contribution is -2.31. The lowest BCUT2D eigenvalue weighted by atomic mass is 10.2. The Kier molecular flexibility index (Phi) is 6.80. The number of carbonyl (C=O) groups excluding carboxylic acids is 2. The van der Waals surface area contributed by atoms with Crippen LogP contribution in [0.15, 0.2) is 71.3 Å². The van der Waals surface area contributed by atoms with Gasteiger partial charge >= 0.3 is 6.03 Å². The van der Waals surface area contributed by atoms with Gasteiger partial charge in [-0.05, 0) is 29.8 Å². The number of para-hydroxylation sites is 1. The van der Waals surface area contributed by atoms with Crippen LogP contribution < -0.4 is 16.0 Å². The fourth-order valence-corrected chi connectivity index (χ4v) is 2.78. The number of hydrogen-bond acceptors (Lipinski definition) is 3. The standard InChI is InChI=1S/C20H20BrN5O2/c21-16-8-6-15(7-9-16)14-26-18(10-13-23-26)25-19(27)11-12-22-20(28)24-17-4-2-1-3-5-17/h1-10,13H,11-12,14H2,(H,25,27)(H2,22,24,28). The highest BCUT2D eigenvalue weighted by Crippen LogP contribution is 2.14. The van der Waals surface area contributed by atoms with Gasteiger partial charge in [-0.2, -0.15) is 5.10 Å². The fourth-order valence-electron chi connectivity index (χ4n) is 2.52. The number of hydrogen-bond donors (Lipinski definition) is 3. The third kappa shape index (κ3) is 5.95. The Bertz CT molecular complexity index is 925. The minimum atomic E-state index is -0.348. The molecule has 0 unspecified atom stereocenters. The van der Waals surface area contributed by atoms with Gasteiger partial charge in [0.15, 0.2) is 0 Å². The third-order valence-corrected chi connectivity index (χ3v) is 4.43. The van der Waals surface area contributed by atoms with E-state index in [9.17, 15) is 9.59 Å². The minimum absolute atomic E-state index is 0.158. The highest BCUT2D eigenvalue weighted by Gasteiger charge is 2.09. The molecule has 0 saturated heterocycles. The van der Waals surface area contributed by atoms with Crippen molar-refractivity contribution in [1.82, 2.24) is 15.1 Å². The van der Waals surface area contributed by atoms with Crippen LogP contribution in [0.5, 0.6) is 0 Å². The van der Waals surface area contributed by atoms with Crippen molar-refractivity contribution in [2.45, 2.75) is 13.0 Å². The van der Waals surface area contributed by atoms with Crippen LogP contribution in [-0.2, 0) is 11.3 Å². The summed E-state index contributed by atoms with van der Waals surface area (Å²) < 4.78 is 2.73. The highest BCUT2D eigenvalue weighted by molar-refractivity contribution is 9.10. The molecule has 8 heteroatoms. The van der Waals surface area contributed by atoms with Crippen molar-refractivity contribution < 1.29 is 9.59 Å². The topological polar surface area (TPSA) is 88.1 Å². The molecule has 0 aliphatic rings. The van der Waals surface area contributed by atoms with Gasteiger partial charge in [-0.15, -0.1) is 0 Å². The second-order valence-electron chi connectivity index (χ2n) is 6.05. The Morgan fingerprint density at radius 2 is 1.71 bits per heavy atom. The second-order valence-corrected chi connectivity index (χ2v) is 6.96. The van der Waals surface area contributed by atoms with E-state index in [2.05, 4.69) is 37.0 Å². The van der Waals surface area contributed by atoms with Gasteiger partial charge in [0.05, 0.1) is 12.7 Å². The van der Waals surface area contributed by atoms with Crippen LogP contribution in [0.4, 0.5) is 16.3 Å². The smallest absolute Gasteiger partial charge is 0.319 e. The van der Waals surface area contributed by atoms with E-state index < -0.39 is 0 Å². The summed E-state index contributed by atoms with van der Waals surface area (Å²) in [6.45, 7) is 0.777. The van der Waals surface area contributed by atoms with E-state index in [1.165, 1.54) is 0 Å². The first-order valence-electron chi connectivity index (χ1n) is 8.76. The summed E-state index contributed by atoms with van der Waals surface area (Å²) in [6.07, 6.45) is 1.80. The lowest BCUT2D eigenvalue weighted by molar-refractivity contribution is -0.116. The number of nitrogens with one attached hydrogen (secondary N) is 3. The summed E-state index contributed by atoms with van der Waals surface area (Å²) in [7, 11) is 0. The second kappa shape index (κ2) is 9.70. The van der Waals surface area contributed by atoms with E-state index in [0.717, 1.165) is 10.0 Å². The Hall–Kier alpha value is -3.13. The molecule has 3 N–H and O–H groups in total. The summed E-state index contributed by atoms with van der Waals surface area (Å²) in [5.74, 6) is 0.416. The summed E-state index contributed by atoms with van der Waals surface area (Å²) in [5.41, 5.74) is 1.77. The molecular weight excluding hydrogens is 422 g/mol. The van der Waals surface area contributed by atoms with Crippen LogP contribution in [-0.4, -0.2) is 28.3 Å². The van der Waals surface area contributed by atoms with Gasteiger partial charge in [-0.3, -0.25) is 4.79 Å². The zero-order valence-corrected chi connectivity index (χ0v) is 16.6. The van der Waals surface area contributed by atoms with Gasteiger partial charge in [-0.25, -0.2) is 9.48 Å². The Balaban J connectivity index is 1.44. The molecule has 144 valence electrons. The van der Waals surface area contributed by atoms with Crippen molar-refractivity contribution in [2.24, 2.45) is 0 Å². The summed E-state index contributed by atoms with van der Waals surface area (Å²) in [6, 6.07) is 18.4. The monoisotopic (exact) mass is 441 g/mol. The zero-order valence-electron chi connectivity index (χ0n) is 15.1. The lowest BCUT2D eigenvalue weighted by Gasteiger charge is -2.10. The van der Waals surface area contributed by atoms with E-state index in [1.807, 2.05) is 42.5 Å². The Labute approximate surface area is 171 Å². The van der Waals surface area contributed by atoms with Gasteiger partial charge in [0.1, 0.15) is 5.82 Å². The molecule has 3 amide bonds. The predicted octanol–water partition coefficient (Wildman–Crippen LogP) is 3.84. The molecule has 3 aromatic rings. The number of anilines is 2. The number of urea groups is 1. The number of benzene rings is 2. The summed E-state index contributed by atoms with van der Waals surface area (Å²) >= 11 is 3.41. The van der Waals surface area contributed by atoms with Crippen LogP contribution in [0, 0.1) is 0 Å². The van der Waals surface area contributed by atoms with E-state index in [0.29, 0.717) is 18.1 Å². The first-order chi connectivity index (χ1) is 13.6. The predicted molar refractivity (Wildman–Crippen MR) is 112 cm³/mol. The largest absolute Gasteiger partial charge is 0.337 e. The Morgan fingerprint density at radius 1 is 0.964 bits per heavy atom. The number of carbonyl (C=O) groups is 2. The summed E-state index contributed by atoms with van der Waals surface area (Å²) in [5, 5.41) is 12.4. The van der Waals surface area contributed by atoms with E-state index in [1.54, 1.807) is 29.1 Å². The molecule has 1 aromatic heterocycles. The van der Waals surface area contributed by atoms with Crippen LogP contribution in [0.3, 0.4) is 0 Å². The van der Waals surface area contributed by atoms with Crippen LogP contribution in [0.25, 0.3) is 0 Å². The van der Waals surface area contributed by atoms with Crippen LogP contribution in [0.1, 0.15) is 12.0 Å².